The average molecular weight is 261 g/mol. The Morgan fingerprint density at radius 3 is 3.06 bits per heavy atom. The average Bonchev–Trinajstić information content (AvgIpc) is 2.82. The first kappa shape index (κ1) is 12.1. The van der Waals surface area contributed by atoms with Gasteiger partial charge in [0.15, 0.2) is 0 Å². The van der Waals surface area contributed by atoms with E-state index >= 15 is 0 Å². The number of benzene rings is 1. The number of carbonyl (C=O) groups is 1. The first-order valence-electron chi connectivity index (χ1n) is 6.83. The van der Waals surface area contributed by atoms with Crippen LogP contribution in [-0.2, 0) is 24.1 Å². The van der Waals surface area contributed by atoms with Crippen LogP contribution in [0, 0.1) is 0 Å². The fourth-order valence-corrected chi connectivity index (χ4v) is 4.01. The minimum atomic E-state index is 0.180. The molecule has 1 aromatic carbocycles. The van der Waals surface area contributed by atoms with Crippen LogP contribution in [0.3, 0.4) is 0 Å². The molecule has 2 aliphatic rings. The Hall–Kier alpha value is -0.960. The molecule has 0 saturated heterocycles. The number of amides is 1. The molecular formula is C15H19NOS. The van der Waals surface area contributed by atoms with Crippen LogP contribution in [0.15, 0.2) is 17.0 Å². The molecule has 1 aliphatic carbocycles. The van der Waals surface area contributed by atoms with Crippen molar-refractivity contribution in [3.8, 4) is 0 Å². The fourth-order valence-electron chi connectivity index (χ4n) is 2.89. The molecule has 1 amide bonds. The van der Waals surface area contributed by atoms with Gasteiger partial charge in [-0.15, -0.1) is 11.8 Å². The third kappa shape index (κ3) is 2.28. The molecule has 1 unspecified atom stereocenters. The highest BCUT2D eigenvalue weighted by atomic mass is 32.2. The fraction of sp³-hybridized carbons (Fsp3) is 0.533. The molecule has 1 N–H and O–H groups in total. The van der Waals surface area contributed by atoms with E-state index in [4.69, 9.17) is 0 Å². The van der Waals surface area contributed by atoms with Crippen LogP contribution in [-0.4, -0.2) is 17.7 Å². The first-order valence-corrected chi connectivity index (χ1v) is 7.81. The Balaban J connectivity index is 1.78. The molecule has 3 rings (SSSR count). The van der Waals surface area contributed by atoms with Gasteiger partial charge in [0.25, 0.3) is 0 Å². The van der Waals surface area contributed by atoms with Gasteiger partial charge in [0.1, 0.15) is 0 Å². The Morgan fingerprint density at radius 2 is 2.22 bits per heavy atom. The summed E-state index contributed by atoms with van der Waals surface area (Å²) in [6, 6.07) is 5.11. The Bertz CT molecular complexity index is 484. The van der Waals surface area contributed by atoms with Crippen LogP contribution < -0.4 is 5.32 Å². The van der Waals surface area contributed by atoms with Crippen molar-refractivity contribution in [2.45, 2.75) is 50.0 Å². The van der Waals surface area contributed by atoms with Crippen LogP contribution in [0.4, 0.5) is 0 Å². The van der Waals surface area contributed by atoms with Crippen molar-refractivity contribution in [1.82, 2.24) is 5.32 Å². The number of carbonyl (C=O) groups excluding carboxylic acids is 1. The molecule has 2 nitrogen and oxygen atoms in total. The molecule has 0 fully saturated rings. The largest absolute Gasteiger partial charge is 0.353 e. The number of fused-ring (bicyclic) bond motifs is 2. The summed E-state index contributed by atoms with van der Waals surface area (Å²) in [7, 11) is 0. The zero-order chi connectivity index (χ0) is 12.5. The molecule has 1 heterocycles. The van der Waals surface area contributed by atoms with Gasteiger partial charge >= 0.3 is 0 Å². The molecule has 1 aromatic rings. The zero-order valence-corrected chi connectivity index (χ0v) is 11.6. The lowest BCUT2D eigenvalue weighted by molar-refractivity contribution is -0.121. The van der Waals surface area contributed by atoms with E-state index in [1.54, 1.807) is 0 Å². The molecule has 0 aromatic heterocycles. The van der Waals surface area contributed by atoms with Crippen molar-refractivity contribution in [3.63, 3.8) is 0 Å². The van der Waals surface area contributed by atoms with Gasteiger partial charge in [-0.05, 0) is 48.4 Å². The van der Waals surface area contributed by atoms with E-state index in [-0.39, 0.29) is 5.91 Å². The molecule has 0 saturated carbocycles. The molecule has 0 radical (unpaired) electrons. The summed E-state index contributed by atoms with van der Waals surface area (Å²) < 4.78 is 0. The van der Waals surface area contributed by atoms with Crippen LogP contribution in [0.2, 0.25) is 0 Å². The molecule has 18 heavy (non-hydrogen) atoms. The maximum Gasteiger partial charge on any atom is 0.219 e. The second-order valence-corrected chi connectivity index (χ2v) is 6.32. The van der Waals surface area contributed by atoms with Gasteiger partial charge in [-0.25, -0.2) is 0 Å². The lowest BCUT2D eigenvalue weighted by Gasteiger charge is -2.26. The van der Waals surface area contributed by atoms with Gasteiger partial charge in [0, 0.05) is 23.1 Å². The number of thioether (sulfide) groups is 1. The third-order valence-corrected chi connectivity index (χ3v) is 5.03. The standard InChI is InChI=1S/C15H19NOS/c1-2-15(17)16-13-4-3-10-7-11-5-6-18-14(11)9-12(10)8-13/h7,9,13H,2-6,8H2,1H3,(H,16,17). The van der Waals surface area contributed by atoms with E-state index in [1.165, 1.54) is 33.8 Å². The molecule has 1 aliphatic heterocycles. The number of hydrogen-bond donors (Lipinski definition) is 1. The first-order chi connectivity index (χ1) is 8.76. The van der Waals surface area contributed by atoms with E-state index in [0.29, 0.717) is 12.5 Å². The number of aryl methyl sites for hydroxylation is 2. The highest BCUT2D eigenvalue weighted by Gasteiger charge is 2.22. The molecule has 3 heteroatoms. The number of hydrogen-bond acceptors (Lipinski definition) is 2. The summed E-state index contributed by atoms with van der Waals surface area (Å²) in [5, 5.41) is 3.13. The summed E-state index contributed by atoms with van der Waals surface area (Å²) in [4.78, 5) is 12.9. The van der Waals surface area contributed by atoms with Crippen LogP contribution in [0.1, 0.15) is 36.5 Å². The van der Waals surface area contributed by atoms with E-state index in [0.717, 1.165) is 19.3 Å². The summed E-state index contributed by atoms with van der Waals surface area (Å²) in [5.74, 6) is 1.41. The predicted octanol–water partition coefficient (Wildman–Crippen LogP) is 2.72. The Labute approximate surface area is 113 Å². The smallest absolute Gasteiger partial charge is 0.219 e. The van der Waals surface area contributed by atoms with Gasteiger partial charge in [-0.1, -0.05) is 13.0 Å². The highest BCUT2D eigenvalue weighted by molar-refractivity contribution is 7.99. The number of nitrogens with one attached hydrogen (secondary N) is 1. The van der Waals surface area contributed by atoms with Crippen molar-refractivity contribution in [2.24, 2.45) is 0 Å². The van der Waals surface area contributed by atoms with Gasteiger partial charge in [-0.2, -0.15) is 0 Å². The van der Waals surface area contributed by atoms with Gasteiger partial charge in [-0.3, -0.25) is 4.79 Å². The van der Waals surface area contributed by atoms with Crippen molar-refractivity contribution >= 4 is 17.7 Å². The topological polar surface area (TPSA) is 29.1 Å². The van der Waals surface area contributed by atoms with Crippen LogP contribution >= 0.6 is 11.8 Å². The quantitative estimate of drug-likeness (QED) is 0.887. The molecule has 96 valence electrons. The SMILES string of the molecule is CCC(=O)NC1CCc2cc3c(cc2C1)SCC3. The highest BCUT2D eigenvalue weighted by Crippen LogP contribution is 2.35. The lowest BCUT2D eigenvalue weighted by Crippen LogP contribution is -2.38. The molecule has 1 atom stereocenters. The third-order valence-electron chi connectivity index (χ3n) is 3.93. The molecule has 0 bridgehead atoms. The van der Waals surface area contributed by atoms with E-state index in [2.05, 4.69) is 17.4 Å². The summed E-state index contributed by atoms with van der Waals surface area (Å²) >= 11 is 1.97. The normalized spacial score (nSPS) is 21.3. The van der Waals surface area contributed by atoms with Crippen LogP contribution in [0.25, 0.3) is 0 Å². The summed E-state index contributed by atoms with van der Waals surface area (Å²) in [5.41, 5.74) is 4.50. The zero-order valence-electron chi connectivity index (χ0n) is 10.8. The second kappa shape index (κ2) is 4.96. The van der Waals surface area contributed by atoms with E-state index < -0.39 is 0 Å². The summed E-state index contributed by atoms with van der Waals surface area (Å²) in [6.45, 7) is 1.91. The molecular weight excluding hydrogens is 242 g/mol. The predicted molar refractivity (Wildman–Crippen MR) is 75.1 cm³/mol. The minimum absolute atomic E-state index is 0.180. The van der Waals surface area contributed by atoms with Gasteiger partial charge in [0.05, 0.1) is 0 Å². The second-order valence-electron chi connectivity index (χ2n) is 5.19. The lowest BCUT2D eigenvalue weighted by atomic mass is 9.87. The Kier molecular flexibility index (Phi) is 3.33. The monoisotopic (exact) mass is 261 g/mol. The van der Waals surface area contributed by atoms with Crippen molar-refractivity contribution in [3.05, 3.63) is 28.8 Å². The maximum atomic E-state index is 11.5. The van der Waals surface area contributed by atoms with Crippen LogP contribution in [0.5, 0.6) is 0 Å². The van der Waals surface area contributed by atoms with E-state index in [9.17, 15) is 4.79 Å². The Morgan fingerprint density at radius 1 is 1.33 bits per heavy atom. The minimum Gasteiger partial charge on any atom is -0.353 e. The van der Waals surface area contributed by atoms with Crippen molar-refractivity contribution in [1.29, 1.82) is 0 Å². The molecule has 0 spiro atoms. The van der Waals surface area contributed by atoms with Crippen molar-refractivity contribution < 1.29 is 4.79 Å². The van der Waals surface area contributed by atoms with Gasteiger partial charge in [0.2, 0.25) is 5.91 Å². The van der Waals surface area contributed by atoms with Crippen molar-refractivity contribution in [2.75, 3.05) is 5.75 Å². The maximum absolute atomic E-state index is 11.5. The summed E-state index contributed by atoms with van der Waals surface area (Å²) in [6.07, 6.45) is 5.02. The number of rotatable bonds is 2. The van der Waals surface area contributed by atoms with E-state index in [1.807, 2.05) is 18.7 Å². The van der Waals surface area contributed by atoms with Gasteiger partial charge < -0.3 is 5.32 Å².